The van der Waals surface area contributed by atoms with Crippen molar-refractivity contribution in [3.05, 3.63) is 0 Å². The maximum Gasteiger partial charge on any atom is 0.139 e. The van der Waals surface area contributed by atoms with Crippen molar-refractivity contribution in [3.63, 3.8) is 0 Å². The first kappa shape index (κ1) is 18.0. The molecule has 0 aromatic rings. The highest BCUT2D eigenvalue weighted by Gasteiger charge is 2.61. The summed E-state index contributed by atoms with van der Waals surface area (Å²) < 4.78 is 0. The first-order valence-corrected chi connectivity index (χ1v) is 9.85. The summed E-state index contributed by atoms with van der Waals surface area (Å²) in [4.78, 5) is 12.3. The van der Waals surface area contributed by atoms with Crippen molar-refractivity contribution in [2.24, 2.45) is 29.1 Å². The van der Waals surface area contributed by atoms with Crippen LogP contribution in [0.2, 0.25) is 0 Å². The highest BCUT2D eigenvalue weighted by molar-refractivity contribution is 5.92. The molecule has 3 nitrogen and oxygen atoms in total. The number of aliphatic hydroxyl groups excluding tert-OH is 2. The first-order valence-electron chi connectivity index (χ1n) is 9.85. The minimum absolute atomic E-state index is 0.153. The summed E-state index contributed by atoms with van der Waals surface area (Å²) in [7, 11) is 0. The van der Waals surface area contributed by atoms with Gasteiger partial charge in [-0.2, -0.15) is 0 Å². The largest absolute Gasteiger partial charge is 0.392 e. The van der Waals surface area contributed by atoms with Gasteiger partial charge in [-0.3, -0.25) is 4.79 Å². The van der Waals surface area contributed by atoms with E-state index in [9.17, 15) is 15.0 Å². The lowest BCUT2D eigenvalue weighted by Gasteiger charge is -2.57. The number of carbonyl (C=O) groups is 1. The molecule has 3 saturated carbocycles. The Morgan fingerprint density at radius 2 is 1.92 bits per heavy atom. The molecule has 0 saturated heterocycles. The van der Waals surface area contributed by atoms with E-state index in [4.69, 9.17) is 0 Å². The molecule has 0 spiro atoms. The van der Waals surface area contributed by atoms with Gasteiger partial charge in [0.2, 0.25) is 0 Å². The normalized spacial score (nSPS) is 38.0. The number of aliphatic hydroxyl groups is 2. The highest BCUT2D eigenvalue weighted by Crippen LogP contribution is 2.59. The van der Waals surface area contributed by atoms with Crippen molar-refractivity contribution in [2.75, 3.05) is 0 Å². The summed E-state index contributed by atoms with van der Waals surface area (Å²) in [6, 6.07) is 0. The van der Waals surface area contributed by atoms with Crippen molar-refractivity contribution in [1.29, 1.82) is 0 Å². The van der Waals surface area contributed by atoms with Crippen molar-refractivity contribution in [2.45, 2.75) is 83.8 Å². The van der Waals surface area contributed by atoms with Crippen LogP contribution in [0.25, 0.3) is 0 Å². The van der Waals surface area contributed by atoms with Gasteiger partial charge in [-0.15, -0.1) is 0 Å². The van der Waals surface area contributed by atoms with Gasteiger partial charge in [-0.05, 0) is 37.0 Å². The molecule has 24 heavy (non-hydrogen) atoms. The van der Waals surface area contributed by atoms with E-state index in [1.807, 2.05) is 0 Å². The second kappa shape index (κ2) is 7.18. The van der Waals surface area contributed by atoms with Gasteiger partial charge in [0, 0.05) is 11.8 Å². The molecular weight excluding hydrogens is 300 g/mol. The number of ketones is 1. The molecule has 0 aromatic carbocycles. The second-order valence-electron chi connectivity index (χ2n) is 8.60. The average Bonchev–Trinajstić information content (AvgIpc) is 2.54. The van der Waals surface area contributed by atoms with Crippen LogP contribution in [0.1, 0.15) is 71.6 Å². The van der Waals surface area contributed by atoms with Crippen LogP contribution in [0.4, 0.5) is 0 Å². The standard InChI is InChI=1S/C21H32O3/c1-14(2)21-11-10-19(23)17(18(21)13-20(21)24)9-8-16(22)12-15-6-4-3-5-7-15/h14-19,22-23H,3-7,10-13H2,1-2H3/t16-,17-,18-,19-,21-/m1/s1. The van der Waals surface area contributed by atoms with Gasteiger partial charge in [0.15, 0.2) is 0 Å². The van der Waals surface area contributed by atoms with E-state index in [2.05, 4.69) is 25.7 Å². The Bertz CT molecular complexity index is 523. The number of Topliss-reactive ketones (excluding diaryl/α,β-unsaturated/α-hetero) is 1. The van der Waals surface area contributed by atoms with Gasteiger partial charge < -0.3 is 10.2 Å². The molecule has 0 aromatic heterocycles. The maximum absolute atomic E-state index is 12.3. The fourth-order valence-electron chi connectivity index (χ4n) is 5.48. The molecule has 3 rings (SSSR count). The minimum Gasteiger partial charge on any atom is -0.392 e. The van der Waals surface area contributed by atoms with E-state index in [0.29, 0.717) is 30.5 Å². The maximum atomic E-state index is 12.3. The lowest BCUT2D eigenvalue weighted by Crippen LogP contribution is -2.60. The van der Waals surface area contributed by atoms with Gasteiger partial charge in [0.1, 0.15) is 11.9 Å². The van der Waals surface area contributed by atoms with Crippen LogP contribution >= 0.6 is 0 Å². The number of hydrogen-bond donors (Lipinski definition) is 2. The van der Waals surface area contributed by atoms with E-state index in [-0.39, 0.29) is 17.3 Å². The fraction of sp³-hybridized carbons (Fsp3) is 0.857. The van der Waals surface area contributed by atoms with Gasteiger partial charge in [-0.1, -0.05) is 57.8 Å². The average molecular weight is 332 g/mol. The Hall–Kier alpha value is -0.850. The molecule has 5 atom stereocenters. The highest BCUT2D eigenvalue weighted by atomic mass is 16.3. The van der Waals surface area contributed by atoms with Crippen LogP contribution < -0.4 is 0 Å². The fourth-order valence-corrected chi connectivity index (χ4v) is 5.48. The van der Waals surface area contributed by atoms with Crippen LogP contribution in [0.3, 0.4) is 0 Å². The molecule has 0 aliphatic heterocycles. The Kier molecular flexibility index (Phi) is 5.37. The van der Waals surface area contributed by atoms with Gasteiger partial charge in [0.25, 0.3) is 0 Å². The second-order valence-corrected chi connectivity index (χ2v) is 8.60. The molecule has 0 bridgehead atoms. The van der Waals surface area contributed by atoms with Crippen LogP contribution in [0.5, 0.6) is 0 Å². The van der Waals surface area contributed by atoms with E-state index in [1.165, 1.54) is 32.1 Å². The molecule has 0 radical (unpaired) electrons. The molecule has 3 fully saturated rings. The summed E-state index contributed by atoms with van der Waals surface area (Å²) in [6.07, 6.45) is 7.98. The Morgan fingerprint density at radius 1 is 1.21 bits per heavy atom. The quantitative estimate of drug-likeness (QED) is 0.780. The molecule has 3 heteroatoms. The Balaban J connectivity index is 1.66. The van der Waals surface area contributed by atoms with E-state index in [0.717, 1.165) is 12.8 Å². The zero-order valence-electron chi connectivity index (χ0n) is 15.1. The lowest BCUT2D eigenvalue weighted by atomic mass is 9.45. The van der Waals surface area contributed by atoms with Gasteiger partial charge in [0.05, 0.1) is 12.0 Å². The number of rotatable bonds is 3. The van der Waals surface area contributed by atoms with Crippen molar-refractivity contribution in [1.82, 2.24) is 0 Å². The van der Waals surface area contributed by atoms with E-state index < -0.39 is 12.2 Å². The zero-order chi connectivity index (χ0) is 17.3. The molecular formula is C21H32O3. The molecule has 0 amide bonds. The van der Waals surface area contributed by atoms with Crippen molar-refractivity contribution < 1.29 is 15.0 Å². The molecule has 3 aliphatic rings. The van der Waals surface area contributed by atoms with Crippen molar-refractivity contribution >= 4 is 5.78 Å². The summed E-state index contributed by atoms with van der Waals surface area (Å²) in [5.74, 6) is 7.47. The summed E-state index contributed by atoms with van der Waals surface area (Å²) in [6.45, 7) is 4.23. The third kappa shape index (κ3) is 3.16. The molecule has 2 N–H and O–H groups in total. The molecule has 134 valence electrons. The lowest BCUT2D eigenvalue weighted by molar-refractivity contribution is -0.167. The van der Waals surface area contributed by atoms with Crippen LogP contribution in [-0.4, -0.2) is 28.2 Å². The third-order valence-corrected chi connectivity index (χ3v) is 7.02. The monoisotopic (exact) mass is 332 g/mol. The Labute approximate surface area is 146 Å². The number of hydrogen-bond acceptors (Lipinski definition) is 3. The topological polar surface area (TPSA) is 57.5 Å². The van der Waals surface area contributed by atoms with Gasteiger partial charge in [-0.25, -0.2) is 0 Å². The predicted octanol–water partition coefficient (Wildman–Crippen LogP) is 3.32. The van der Waals surface area contributed by atoms with E-state index >= 15 is 0 Å². The summed E-state index contributed by atoms with van der Waals surface area (Å²) >= 11 is 0. The summed E-state index contributed by atoms with van der Waals surface area (Å²) in [5.41, 5.74) is -0.271. The number of fused-ring (bicyclic) bond motifs is 1. The van der Waals surface area contributed by atoms with Crippen molar-refractivity contribution in [3.8, 4) is 11.8 Å². The van der Waals surface area contributed by atoms with Crippen LogP contribution in [0.15, 0.2) is 0 Å². The molecule has 3 aliphatic carbocycles. The third-order valence-electron chi connectivity index (χ3n) is 7.02. The zero-order valence-corrected chi connectivity index (χ0v) is 15.1. The van der Waals surface area contributed by atoms with Gasteiger partial charge >= 0.3 is 0 Å². The van der Waals surface area contributed by atoms with Crippen LogP contribution in [0, 0.1) is 40.9 Å². The molecule has 0 unspecified atom stereocenters. The molecule has 0 heterocycles. The summed E-state index contributed by atoms with van der Waals surface area (Å²) in [5, 5.41) is 20.7. The number of carbonyl (C=O) groups excluding carboxylic acids is 1. The first-order chi connectivity index (χ1) is 11.4. The minimum atomic E-state index is -0.591. The smallest absolute Gasteiger partial charge is 0.139 e. The Morgan fingerprint density at radius 3 is 2.54 bits per heavy atom. The van der Waals surface area contributed by atoms with Crippen LogP contribution in [-0.2, 0) is 4.79 Å². The predicted molar refractivity (Wildman–Crippen MR) is 94.1 cm³/mol. The SMILES string of the molecule is CC(C)[C@]12CC[C@@H](O)[C@H](C#C[C@@H](O)CC3CCCCC3)[C@H]1CC2=O. The van der Waals surface area contributed by atoms with E-state index in [1.54, 1.807) is 0 Å².